The molecule has 6 heteroatoms. The van der Waals surface area contributed by atoms with Crippen LogP contribution in [-0.4, -0.2) is 16.3 Å². The highest BCUT2D eigenvalue weighted by Gasteiger charge is 2.05. The van der Waals surface area contributed by atoms with Gasteiger partial charge in [-0.3, -0.25) is 4.79 Å². The summed E-state index contributed by atoms with van der Waals surface area (Å²) >= 11 is 0. The van der Waals surface area contributed by atoms with Crippen LogP contribution in [0.1, 0.15) is 12.5 Å². The third kappa shape index (κ3) is 2.85. The van der Waals surface area contributed by atoms with Gasteiger partial charge >= 0.3 is 0 Å². The molecule has 6 nitrogen and oxygen atoms in total. The van der Waals surface area contributed by atoms with Crippen LogP contribution >= 0.6 is 0 Å². The fourth-order valence-electron chi connectivity index (χ4n) is 1.58. The SMILES string of the molecule is CCOc1ccc(Nc2ncc(C)c(=O)n2N)cc1. The van der Waals surface area contributed by atoms with Gasteiger partial charge in [0.1, 0.15) is 5.75 Å². The predicted molar refractivity (Wildman–Crippen MR) is 74.3 cm³/mol. The number of hydrogen-bond donors (Lipinski definition) is 2. The highest BCUT2D eigenvalue weighted by atomic mass is 16.5. The Morgan fingerprint density at radius 2 is 2.05 bits per heavy atom. The number of nitrogens with one attached hydrogen (secondary N) is 1. The van der Waals surface area contributed by atoms with E-state index in [4.69, 9.17) is 10.6 Å². The van der Waals surface area contributed by atoms with Crippen LogP contribution in [0, 0.1) is 6.92 Å². The maximum atomic E-state index is 11.7. The van der Waals surface area contributed by atoms with Crippen molar-refractivity contribution in [1.82, 2.24) is 9.66 Å². The first-order valence-corrected chi connectivity index (χ1v) is 5.95. The minimum atomic E-state index is -0.275. The molecular formula is C13H16N4O2. The van der Waals surface area contributed by atoms with Gasteiger partial charge in [0.25, 0.3) is 5.56 Å². The van der Waals surface area contributed by atoms with E-state index in [1.54, 1.807) is 6.92 Å². The van der Waals surface area contributed by atoms with Crippen LogP contribution in [0.4, 0.5) is 11.6 Å². The Morgan fingerprint density at radius 1 is 1.37 bits per heavy atom. The van der Waals surface area contributed by atoms with Gasteiger partial charge in [0, 0.05) is 17.4 Å². The zero-order valence-electron chi connectivity index (χ0n) is 10.9. The van der Waals surface area contributed by atoms with Gasteiger partial charge in [-0.25, -0.2) is 4.98 Å². The number of rotatable bonds is 4. The number of hydrogen-bond acceptors (Lipinski definition) is 5. The van der Waals surface area contributed by atoms with Crippen LogP contribution in [-0.2, 0) is 0 Å². The molecule has 0 amide bonds. The molecule has 0 radical (unpaired) electrons. The monoisotopic (exact) mass is 260 g/mol. The molecule has 1 aromatic heterocycles. The lowest BCUT2D eigenvalue weighted by molar-refractivity contribution is 0.340. The summed E-state index contributed by atoms with van der Waals surface area (Å²) in [6.45, 7) is 4.21. The molecule has 1 aromatic carbocycles. The van der Waals surface area contributed by atoms with Crippen LogP contribution in [0.5, 0.6) is 5.75 Å². The first-order chi connectivity index (χ1) is 9.11. The molecule has 0 aliphatic rings. The summed E-state index contributed by atoms with van der Waals surface area (Å²) in [4.78, 5) is 15.7. The second-order valence-corrected chi connectivity index (χ2v) is 4.02. The van der Waals surface area contributed by atoms with E-state index >= 15 is 0 Å². The topological polar surface area (TPSA) is 82.2 Å². The number of ether oxygens (including phenoxy) is 1. The summed E-state index contributed by atoms with van der Waals surface area (Å²) in [5.41, 5.74) is 1.00. The Balaban J connectivity index is 2.22. The van der Waals surface area contributed by atoms with E-state index < -0.39 is 0 Å². The Morgan fingerprint density at radius 3 is 2.68 bits per heavy atom. The molecule has 100 valence electrons. The van der Waals surface area contributed by atoms with E-state index in [9.17, 15) is 4.79 Å². The number of benzene rings is 1. The van der Waals surface area contributed by atoms with Crippen LogP contribution in [0.15, 0.2) is 35.3 Å². The van der Waals surface area contributed by atoms with Gasteiger partial charge in [-0.2, -0.15) is 4.68 Å². The molecule has 0 saturated heterocycles. The summed E-state index contributed by atoms with van der Waals surface area (Å²) in [5.74, 6) is 6.74. The van der Waals surface area contributed by atoms with Crippen molar-refractivity contribution in [3.63, 3.8) is 0 Å². The fraction of sp³-hybridized carbons (Fsp3) is 0.231. The fourth-order valence-corrected chi connectivity index (χ4v) is 1.58. The van der Waals surface area contributed by atoms with Gasteiger partial charge in [0.2, 0.25) is 5.95 Å². The van der Waals surface area contributed by atoms with Crippen molar-refractivity contribution in [1.29, 1.82) is 0 Å². The Labute approximate surface area is 110 Å². The predicted octanol–water partition coefficient (Wildman–Crippen LogP) is 1.41. The number of anilines is 2. The van der Waals surface area contributed by atoms with Crippen molar-refractivity contribution in [2.75, 3.05) is 17.8 Å². The minimum absolute atomic E-state index is 0.275. The van der Waals surface area contributed by atoms with Crippen molar-refractivity contribution in [3.05, 3.63) is 46.4 Å². The van der Waals surface area contributed by atoms with E-state index in [-0.39, 0.29) is 5.56 Å². The molecular weight excluding hydrogens is 244 g/mol. The van der Waals surface area contributed by atoms with Crippen molar-refractivity contribution in [2.24, 2.45) is 0 Å². The second kappa shape index (κ2) is 5.43. The van der Waals surface area contributed by atoms with Crippen molar-refractivity contribution < 1.29 is 4.74 Å². The van der Waals surface area contributed by atoms with E-state index in [0.29, 0.717) is 18.1 Å². The summed E-state index contributed by atoms with van der Waals surface area (Å²) in [6.07, 6.45) is 1.49. The average Bonchev–Trinajstić information content (AvgIpc) is 2.42. The zero-order chi connectivity index (χ0) is 13.8. The third-order valence-corrected chi connectivity index (χ3v) is 2.59. The van der Waals surface area contributed by atoms with Gasteiger partial charge < -0.3 is 15.9 Å². The van der Waals surface area contributed by atoms with Crippen molar-refractivity contribution in [2.45, 2.75) is 13.8 Å². The number of aryl methyl sites for hydroxylation is 1. The first kappa shape index (κ1) is 12.9. The number of nitrogens with two attached hydrogens (primary N) is 1. The lowest BCUT2D eigenvalue weighted by atomic mass is 10.3. The van der Waals surface area contributed by atoms with E-state index in [2.05, 4.69) is 10.3 Å². The molecule has 0 atom stereocenters. The molecule has 0 aliphatic heterocycles. The largest absolute Gasteiger partial charge is 0.494 e. The van der Waals surface area contributed by atoms with Crippen LogP contribution < -0.4 is 21.5 Å². The minimum Gasteiger partial charge on any atom is -0.494 e. The third-order valence-electron chi connectivity index (χ3n) is 2.59. The molecule has 0 spiro atoms. The molecule has 2 aromatic rings. The Bertz CT molecular complexity index is 620. The number of aromatic nitrogens is 2. The summed E-state index contributed by atoms with van der Waals surface area (Å²) < 4.78 is 6.34. The van der Waals surface area contributed by atoms with Gasteiger partial charge in [-0.05, 0) is 38.1 Å². The average molecular weight is 260 g/mol. The summed E-state index contributed by atoms with van der Waals surface area (Å²) in [7, 11) is 0. The molecule has 0 bridgehead atoms. The number of nitrogen functional groups attached to an aromatic ring is 1. The lowest BCUT2D eigenvalue weighted by Gasteiger charge is -2.10. The van der Waals surface area contributed by atoms with Crippen molar-refractivity contribution in [3.8, 4) is 5.75 Å². The Hall–Kier alpha value is -2.50. The molecule has 2 rings (SSSR count). The van der Waals surface area contributed by atoms with Gasteiger partial charge in [0.15, 0.2) is 0 Å². The van der Waals surface area contributed by atoms with Gasteiger partial charge in [-0.15, -0.1) is 0 Å². The van der Waals surface area contributed by atoms with Gasteiger partial charge in [0.05, 0.1) is 6.61 Å². The maximum absolute atomic E-state index is 11.7. The van der Waals surface area contributed by atoms with Gasteiger partial charge in [-0.1, -0.05) is 0 Å². The molecule has 19 heavy (non-hydrogen) atoms. The zero-order valence-corrected chi connectivity index (χ0v) is 10.9. The van der Waals surface area contributed by atoms with E-state index in [0.717, 1.165) is 16.1 Å². The molecule has 0 unspecified atom stereocenters. The van der Waals surface area contributed by atoms with Crippen molar-refractivity contribution >= 4 is 11.6 Å². The van der Waals surface area contributed by atoms with Crippen LogP contribution in [0.25, 0.3) is 0 Å². The van der Waals surface area contributed by atoms with E-state index in [1.807, 2.05) is 31.2 Å². The highest BCUT2D eigenvalue weighted by Crippen LogP contribution is 2.17. The molecule has 0 saturated carbocycles. The standard InChI is InChI=1S/C13H16N4O2/c1-3-19-11-6-4-10(5-7-11)16-13-15-8-9(2)12(18)17(13)14/h4-8H,3,14H2,1-2H3,(H,15,16). The highest BCUT2D eigenvalue weighted by molar-refractivity contribution is 5.54. The summed E-state index contributed by atoms with van der Waals surface area (Å²) in [5, 5.41) is 2.98. The van der Waals surface area contributed by atoms with Crippen LogP contribution in [0.3, 0.4) is 0 Å². The normalized spacial score (nSPS) is 10.2. The molecule has 1 heterocycles. The number of nitrogens with zero attached hydrogens (tertiary/aromatic N) is 2. The first-order valence-electron chi connectivity index (χ1n) is 5.95. The molecule has 0 aliphatic carbocycles. The summed E-state index contributed by atoms with van der Waals surface area (Å²) in [6, 6.07) is 7.33. The molecule has 3 N–H and O–H groups in total. The lowest BCUT2D eigenvalue weighted by Crippen LogP contribution is -2.31. The van der Waals surface area contributed by atoms with E-state index in [1.165, 1.54) is 6.20 Å². The second-order valence-electron chi connectivity index (χ2n) is 4.02. The molecule has 0 fully saturated rings. The smallest absolute Gasteiger partial charge is 0.276 e. The quantitative estimate of drug-likeness (QED) is 0.812. The van der Waals surface area contributed by atoms with Crippen LogP contribution in [0.2, 0.25) is 0 Å². The maximum Gasteiger partial charge on any atom is 0.276 e. The Kier molecular flexibility index (Phi) is 3.70.